The standard InChI is InChI=1S/C29H39N3O5/c1-17-7-8-18(2)20(11-17)22-15-32-10-9-19-12-26(36-16-27(30)33)25(35-6)13-21(19)24(32)14-23(22)31-28(34)37-29(3,4)5/h7-8,11-13,22-24H,9-10,14-16H2,1-6H3,(H2,30,33)(H,31,34)/t22-,23+,24+/m0/s1. The van der Waals surface area contributed by atoms with Crippen molar-refractivity contribution in [2.45, 2.75) is 71.1 Å². The molecule has 0 unspecified atom stereocenters. The number of piperidine rings is 1. The van der Waals surface area contributed by atoms with Gasteiger partial charge in [0.2, 0.25) is 0 Å². The molecule has 0 aromatic heterocycles. The third-order valence-corrected chi connectivity index (χ3v) is 7.19. The average molecular weight is 510 g/mol. The molecule has 0 saturated carbocycles. The molecular formula is C29H39N3O5. The molecule has 4 rings (SSSR count). The minimum Gasteiger partial charge on any atom is -0.493 e. The van der Waals surface area contributed by atoms with Crippen molar-refractivity contribution in [3.63, 3.8) is 0 Å². The molecule has 2 heterocycles. The van der Waals surface area contributed by atoms with Crippen LogP contribution in [0, 0.1) is 13.8 Å². The number of hydrogen-bond acceptors (Lipinski definition) is 6. The first kappa shape index (κ1) is 26.8. The zero-order chi connectivity index (χ0) is 26.9. The van der Waals surface area contributed by atoms with E-state index in [9.17, 15) is 9.59 Å². The lowest BCUT2D eigenvalue weighted by atomic mass is 9.76. The van der Waals surface area contributed by atoms with Crippen LogP contribution in [-0.4, -0.2) is 55.3 Å². The number of nitrogens with two attached hydrogens (primary N) is 1. The van der Waals surface area contributed by atoms with Crippen LogP contribution in [0.2, 0.25) is 0 Å². The van der Waals surface area contributed by atoms with E-state index in [1.54, 1.807) is 7.11 Å². The van der Waals surface area contributed by atoms with Crippen LogP contribution in [0.5, 0.6) is 11.5 Å². The normalized spacial score (nSPS) is 21.4. The number of carbonyl (C=O) groups excluding carboxylic acids is 2. The van der Waals surface area contributed by atoms with E-state index in [0.29, 0.717) is 11.5 Å². The third kappa shape index (κ3) is 6.18. The first-order valence-corrected chi connectivity index (χ1v) is 12.9. The molecule has 2 aliphatic rings. The molecule has 2 amide bonds. The van der Waals surface area contributed by atoms with E-state index in [0.717, 1.165) is 37.1 Å². The van der Waals surface area contributed by atoms with Gasteiger partial charge >= 0.3 is 6.09 Å². The van der Waals surface area contributed by atoms with Crippen LogP contribution in [0.1, 0.15) is 67.0 Å². The number of nitrogens with one attached hydrogen (secondary N) is 1. The molecule has 3 atom stereocenters. The summed E-state index contributed by atoms with van der Waals surface area (Å²) in [5.74, 6) is 0.674. The molecule has 37 heavy (non-hydrogen) atoms. The van der Waals surface area contributed by atoms with Crippen LogP contribution in [-0.2, 0) is 16.0 Å². The number of ether oxygens (including phenoxy) is 3. The van der Waals surface area contributed by atoms with Gasteiger partial charge in [-0.1, -0.05) is 23.8 Å². The van der Waals surface area contributed by atoms with Gasteiger partial charge in [0.25, 0.3) is 5.91 Å². The summed E-state index contributed by atoms with van der Waals surface area (Å²) in [5, 5.41) is 3.21. The van der Waals surface area contributed by atoms with Crippen molar-refractivity contribution in [3.8, 4) is 11.5 Å². The van der Waals surface area contributed by atoms with Gasteiger partial charge in [-0.25, -0.2) is 4.79 Å². The highest BCUT2D eigenvalue weighted by molar-refractivity contribution is 5.75. The summed E-state index contributed by atoms with van der Waals surface area (Å²) in [7, 11) is 1.59. The van der Waals surface area contributed by atoms with Crippen molar-refractivity contribution < 1.29 is 23.8 Å². The lowest BCUT2D eigenvalue weighted by Crippen LogP contribution is -2.53. The number of aryl methyl sites for hydroxylation is 2. The molecule has 1 fully saturated rings. The number of fused-ring (bicyclic) bond motifs is 3. The van der Waals surface area contributed by atoms with Gasteiger partial charge in [-0.3, -0.25) is 9.69 Å². The highest BCUT2D eigenvalue weighted by Gasteiger charge is 2.41. The molecule has 0 bridgehead atoms. The summed E-state index contributed by atoms with van der Waals surface area (Å²) in [5.41, 5.74) is 10.7. The molecule has 8 heteroatoms. The van der Waals surface area contributed by atoms with Crippen LogP contribution in [0.4, 0.5) is 4.79 Å². The molecule has 0 aliphatic carbocycles. The van der Waals surface area contributed by atoms with Crippen molar-refractivity contribution in [1.29, 1.82) is 0 Å². The van der Waals surface area contributed by atoms with Gasteiger partial charge in [-0.2, -0.15) is 0 Å². The Hall–Kier alpha value is -3.26. The van der Waals surface area contributed by atoms with Crippen LogP contribution >= 0.6 is 0 Å². The van der Waals surface area contributed by atoms with E-state index >= 15 is 0 Å². The molecule has 2 aliphatic heterocycles. The van der Waals surface area contributed by atoms with Gasteiger partial charge in [-0.15, -0.1) is 0 Å². The van der Waals surface area contributed by atoms with E-state index in [1.807, 2.05) is 32.9 Å². The smallest absolute Gasteiger partial charge is 0.407 e. The molecule has 2 aromatic rings. The topological polar surface area (TPSA) is 103 Å². The molecule has 8 nitrogen and oxygen atoms in total. The summed E-state index contributed by atoms with van der Waals surface area (Å²) in [6.45, 7) is 11.4. The summed E-state index contributed by atoms with van der Waals surface area (Å²) in [6, 6.07) is 10.5. The van der Waals surface area contributed by atoms with Gasteiger partial charge in [0.15, 0.2) is 18.1 Å². The Kier molecular flexibility index (Phi) is 7.69. The van der Waals surface area contributed by atoms with Gasteiger partial charge < -0.3 is 25.3 Å². The lowest BCUT2D eigenvalue weighted by Gasteiger charge is -2.48. The number of hydrogen-bond donors (Lipinski definition) is 2. The second kappa shape index (κ2) is 10.6. The highest BCUT2D eigenvalue weighted by Crippen LogP contribution is 2.45. The molecule has 0 radical (unpaired) electrons. The second-order valence-corrected chi connectivity index (χ2v) is 11.2. The minimum atomic E-state index is -0.578. The molecule has 2 aromatic carbocycles. The predicted octanol–water partition coefficient (Wildman–Crippen LogP) is 4.16. The highest BCUT2D eigenvalue weighted by atomic mass is 16.6. The zero-order valence-corrected chi connectivity index (χ0v) is 22.7. The minimum absolute atomic E-state index is 0.101. The molecule has 1 saturated heterocycles. The number of benzene rings is 2. The monoisotopic (exact) mass is 509 g/mol. The van der Waals surface area contributed by atoms with E-state index in [4.69, 9.17) is 19.9 Å². The van der Waals surface area contributed by atoms with Crippen molar-refractivity contribution >= 4 is 12.0 Å². The quantitative estimate of drug-likeness (QED) is 0.606. The number of amides is 2. The third-order valence-electron chi connectivity index (χ3n) is 7.19. The van der Waals surface area contributed by atoms with E-state index in [-0.39, 0.29) is 24.6 Å². The number of carbonyl (C=O) groups is 2. The number of alkyl carbamates (subject to hydrolysis) is 1. The van der Waals surface area contributed by atoms with Crippen molar-refractivity contribution in [2.24, 2.45) is 5.73 Å². The zero-order valence-electron chi connectivity index (χ0n) is 22.7. The van der Waals surface area contributed by atoms with Crippen molar-refractivity contribution in [2.75, 3.05) is 26.8 Å². The predicted molar refractivity (Wildman–Crippen MR) is 142 cm³/mol. The second-order valence-electron chi connectivity index (χ2n) is 11.2. The van der Waals surface area contributed by atoms with Gasteiger partial charge in [-0.05, 0) is 81.8 Å². The molecule has 3 N–H and O–H groups in total. The van der Waals surface area contributed by atoms with E-state index in [2.05, 4.69) is 42.3 Å². The Balaban J connectivity index is 1.68. The fourth-order valence-electron chi connectivity index (χ4n) is 5.55. The Bertz CT molecular complexity index is 1170. The first-order chi connectivity index (χ1) is 17.4. The molecular weight excluding hydrogens is 470 g/mol. The van der Waals surface area contributed by atoms with Gasteiger partial charge in [0, 0.05) is 31.1 Å². The van der Waals surface area contributed by atoms with Gasteiger partial charge in [0.05, 0.1) is 7.11 Å². The van der Waals surface area contributed by atoms with Crippen molar-refractivity contribution in [3.05, 3.63) is 58.1 Å². The maximum absolute atomic E-state index is 12.9. The SMILES string of the molecule is COc1cc2c(cc1OCC(N)=O)CCN1C[C@@H](c3cc(C)ccc3C)[C@H](NC(=O)OC(C)(C)C)C[C@H]21. The van der Waals surface area contributed by atoms with E-state index in [1.165, 1.54) is 16.7 Å². The Morgan fingerprint density at radius 2 is 1.86 bits per heavy atom. The Morgan fingerprint density at radius 1 is 1.11 bits per heavy atom. The fraction of sp³-hybridized carbons (Fsp3) is 0.517. The largest absolute Gasteiger partial charge is 0.493 e. The molecule has 200 valence electrons. The number of methoxy groups -OCH3 is 1. The average Bonchev–Trinajstić information content (AvgIpc) is 2.82. The number of nitrogens with zero attached hydrogens (tertiary/aromatic N) is 1. The maximum atomic E-state index is 12.9. The number of rotatable bonds is 6. The lowest BCUT2D eigenvalue weighted by molar-refractivity contribution is -0.119. The van der Waals surface area contributed by atoms with E-state index < -0.39 is 17.6 Å². The summed E-state index contributed by atoms with van der Waals surface area (Å²) >= 11 is 0. The maximum Gasteiger partial charge on any atom is 0.407 e. The fourth-order valence-corrected chi connectivity index (χ4v) is 5.55. The summed E-state index contributed by atoms with van der Waals surface area (Å²) in [6.07, 6.45) is 1.19. The Labute approximate surface area is 219 Å². The summed E-state index contributed by atoms with van der Waals surface area (Å²) < 4.78 is 16.9. The van der Waals surface area contributed by atoms with Crippen LogP contribution in [0.3, 0.4) is 0 Å². The van der Waals surface area contributed by atoms with Crippen molar-refractivity contribution in [1.82, 2.24) is 10.2 Å². The first-order valence-electron chi connectivity index (χ1n) is 12.9. The number of primary amides is 1. The van der Waals surface area contributed by atoms with Gasteiger partial charge in [0.1, 0.15) is 5.60 Å². The summed E-state index contributed by atoms with van der Waals surface area (Å²) in [4.78, 5) is 26.7. The van der Waals surface area contributed by atoms with Crippen LogP contribution < -0.4 is 20.5 Å². The Morgan fingerprint density at radius 3 is 2.54 bits per heavy atom. The molecule has 0 spiro atoms. The van der Waals surface area contributed by atoms with Crippen LogP contribution in [0.25, 0.3) is 0 Å². The van der Waals surface area contributed by atoms with Crippen LogP contribution in [0.15, 0.2) is 30.3 Å².